The Morgan fingerprint density at radius 1 is 1.00 bits per heavy atom. The molecule has 4 aromatic rings. The molecule has 144 valence electrons. The van der Waals surface area contributed by atoms with Crippen LogP contribution in [0.1, 0.15) is 5.69 Å². The highest BCUT2D eigenvalue weighted by molar-refractivity contribution is 7.92. The van der Waals surface area contributed by atoms with Gasteiger partial charge in [-0.3, -0.25) is 0 Å². The Balaban J connectivity index is 1.83. The average molecular weight is 423 g/mol. The van der Waals surface area contributed by atoms with Gasteiger partial charge in [0.15, 0.2) is 5.69 Å². The maximum atomic E-state index is 13.2. The molecule has 0 atom stereocenters. The third-order valence-corrected chi connectivity index (χ3v) is 6.21. The molecule has 28 heavy (non-hydrogen) atoms. The van der Waals surface area contributed by atoms with Crippen molar-refractivity contribution in [3.8, 4) is 11.3 Å². The van der Waals surface area contributed by atoms with Crippen LogP contribution in [0.15, 0.2) is 70.9 Å². The fraction of sp³-hybridized carbons (Fsp3) is 0.0556. The van der Waals surface area contributed by atoms with Crippen LogP contribution in [0.5, 0.6) is 0 Å². The predicted molar refractivity (Wildman–Crippen MR) is 101 cm³/mol. The largest absolute Gasteiger partial charge is 0.435 e. The zero-order chi connectivity index (χ0) is 19.9. The molecule has 2 heterocycles. The Morgan fingerprint density at radius 3 is 2.46 bits per heavy atom. The summed E-state index contributed by atoms with van der Waals surface area (Å²) in [6.07, 6.45) is -4.72. The molecule has 4 rings (SSSR count). The van der Waals surface area contributed by atoms with Crippen LogP contribution in [0.25, 0.3) is 21.3 Å². The van der Waals surface area contributed by atoms with E-state index in [1.807, 2.05) is 11.4 Å². The van der Waals surface area contributed by atoms with Crippen LogP contribution in [0, 0.1) is 0 Å². The van der Waals surface area contributed by atoms with E-state index in [4.69, 9.17) is 0 Å². The minimum Gasteiger partial charge on any atom is -0.200 e. The number of halogens is 3. The molecule has 0 saturated heterocycles. The fourth-order valence-corrected chi connectivity index (χ4v) is 4.45. The summed E-state index contributed by atoms with van der Waals surface area (Å²) < 4.78 is 65.7. The van der Waals surface area contributed by atoms with Crippen molar-refractivity contribution in [3.05, 3.63) is 71.7 Å². The van der Waals surface area contributed by atoms with Crippen molar-refractivity contribution in [1.82, 2.24) is 9.89 Å². The molecule has 10 heteroatoms. The molecule has 0 fully saturated rings. The first-order valence-electron chi connectivity index (χ1n) is 7.97. The summed E-state index contributed by atoms with van der Waals surface area (Å²) in [7, 11) is -4.12. The lowest BCUT2D eigenvalue weighted by atomic mass is 10.1. The van der Waals surface area contributed by atoms with Gasteiger partial charge in [0, 0.05) is 10.3 Å². The molecule has 0 bridgehead atoms. The lowest BCUT2D eigenvalue weighted by molar-refractivity contribution is -0.141. The Labute approximate surface area is 162 Å². The number of hydrogen-bond donors (Lipinski definition) is 1. The number of aromatic nitrogens is 2. The quantitative estimate of drug-likeness (QED) is 0.517. The zero-order valence-corrected chi connectivity index (χ0v) is 15.6. The van der Waals surface area contributed by atoms with Crippen LogP contribution >= 0.6 is 11.3 Å². The Bertz CT molecular complexity index is 1250. The number of rotatable bonds is 4. The summed E-state index contributed by atoms with van der Waals surface area (Å²) in [5.41, 5.74) is -0.798. The van der Waals surface area contributed by atoms with Gasteiger partial charge >= 0.3 is 6.18 Å². The van der Waals surface area contributed by atoms with E-state index >= 15 is 0 Å². The van der Waals surface area contributed by atoms with Crippen molar-refractivity contribution in [2.45, 2.75) is 11.1 Å². The summed E-state index contributed by atoms with van der Waals surface area (Å²) in [4.78, 5) is 2.68. The fourth-order valence-electron chi connectivity index (χ4n) is 2.69. The molecule has 0 aliphatic rings. The van der Waals surface area contributed by atoms with Crippen LogP contribution in [-0.2, 0) is 16.2 Å². The first-order valence-corrected chi connectivity index (χ1v) is 10.3. The first kappa shape index (κ1) is 18.5. The number of sulfonamides is 1. The van der Waals surface area contributed by atoms with Gasteiger partial charge in [0.1, 0.15) is 0 Å². The molecular formula is C18H12F3N3O2S2. The van der Waals surface area contributed by atoms with E-state index in [1.165, 1.54) is 35.6 Å². The first-order chi connectivity index (χ1) is 13.2. The van der Waals surface area contributed by atoms with Crippen LogP contribution in [-0.4, -0.2) is 18.3 Å². The Kier molecular flexibility index (Phi) is 4.39. The van der Waals surface area contributed by atoms with Gasteiger partial charge in [0.05, 0.1) is 10.6 Å². The molecule has 0 amide bonds. The number of alkyl halides is 3. The minimum absolute atomic E-state index is 0.0140. The van der Waals surface area contributed by atoms with Gasteiger partial charge in [-0.15, -0.1) is 16.4 Å². The summed E-state index contributed by atoms with van der Waals surface area (Å²) >= 11 is 1.50. The van der Waals surface area contributed by atoms with Gasteiger partial charge in [0.25, 0.3) is 10.0 Å². The number of nitrogens with zero attached hydrogens (tertiary/aromatic N) is 2. The standard InChI is InChI=1S/C18H12F3N3O2S2/c19-18(20,21)17-11-15(12-6-7-16-13(10-12)8-9-27-16)24(22-17)23-28(25,26)14-4-2-1-3-5-14/h1-11,23H. The highest BCUT2D eigenvalue weighted by Crippen LogP contribution is 2.33. The van der Waals surface area contributed by atoms with Gasteiger partial charge in [-0.05, 0) is 47.2 Å². The molecule has 0 saturated carbocycles. The molecular weight excluding hydrogens is 411 g/mol. The molecule has 0 unspecified atom stereocenters. The molecule has 2 aromatic carbocycles. The summed E-state index contributed by atoms with van der Waals surface area (Å²) in [6, 6.07) is 15.1. The maximum absolute atomic E-state index is 13.2. The van der Waals surface area contributed by atoms with E-state index in [9.17, 15) is 21.6 Å². The van der Waals surface area contributed by atoms with Gasteiger partial charge in [0.2, 0.25) is 0 Å². The lowest BCUT2D eigenvalue weighted by Crippen LogP contribution is -2.25. The number of fused-ring (bicyclic) bond motifs is 1. The number of hydrogen-bond acceptors (Lipinski definition) is 4. The number of thiophene rings is 1. The summed E-state index contributed by atoms with van der Waals surface area (Å²) in [5, 5.41) is 6.15. The van der Waals surface area contributed by atoms with E-state index in [2.05, 4.69) is 9.93 Å². The lowest BCUT2D eigenvalue weighted by Gasteiger charge is -2.11. The summed E-state index contributed by atoms with van der Waals surface area (Å²) in [5.74, 6) is 0. The van der Waals surface area contributed by atoms with Crippen molar-refractivity contribution in [3.63, 3.8) is 0 Å². The molecule has 2 aromatic heterocycles. The van der Waals surface area contributed by atoms with Gasteiger partial charge in [-0.1, -0.05) is 24.3 Å². The van der Waals surface area contributed by atoms with Crippen molar-refractivity contribution < 1.29 is 21.6 Å². The van der Waals surface area contributed by atoms with Crippen LogP contribution in [0.4, 0.5) is 13.2 Å². The van der Waals surface area contributed by atoms with Gasteiger partial charge in [-0.25, -0.2) is 0 Å². The smallest absolute Gasteiger partial charge is 0.200 e. The van der Waals surface area contributed by atoms with E-state index in [1.54, 1.807) is 24.3 Å². The molecule has 0 aliphatic heterocycles. The van der Waals surface area contributed by atoms with Crippen molar-refractivity contribution in [2.75, 3.05) is 4.83 Å². The Hall–Kier alpha value is -2.85. The molecule has 0 spiro atoms. The molecule has 1 N–H and O–H groups in total. The highest BCUT2D eigenvalue weighted by atomic mass is 32.2. The maximum Gasteiger partial charge on any atom is 0.435 e. The minimum atomic E-state index is -4.72. The number of benzene rings is 2. The van der Waals surface area contributed by atoms with Crippen molar-refractivity contribution in [2.24, 2.45) is 0 Å². The SMILES string of the molecule is O=S(=O)(Nn1nc(C(F)(F)F)cc1-c1ccc2sccc2c1)c1ccccc1. The topological polar surface area (TPSA) is 64.0 Å². The molecule has 0 radical (unpaired) electrons. The third-order valence-electron chi connectivity index (χ3n) is 4.01. The summed E-state index contributed by atoms with van der Waals surface area (Å²) in [6.45, 7) is 0. The predicted octanol–water partition coefficient (Wildman–Crippen LogP) is 4.72. The molecule has 0 aliphatic carbocycles. The van der Waals surface area contributed by atoms with Crippen LogP contribution < -0.4 is 4.83 Å². The molecule has 5 nitrogen and oxygen atoms in total. The van der Waals surface area contributed by atoms with E-state index in [0.29, 0.717) is 10.4 Å². The second-order valence-electron chi connectivity index (χ2n) is 5.91. The van der Waals surface area contributed by atoms with Gasteiger partial charge < -0.3 is 0 Å². The van der Waals surface area contributed by atoms with E-state index in [0.717, 1.165) is 16.2 Å². The zero-order valence-electron chi connectivity index (χ0n) is 14.0. The van der Waals surface area contributed by atoms with Crippen molar-refractivity contribution >= 4 is 31.4 Å². The normalized spacial score (nSPS) is 12.4. The Morgan fingerprint density at radius 2 is 1.75 bits per heavy atom. The van der Waals surface area contributed by atoms with Crippen LogP contribution in [0.2, 0.25) is 0 Å². The van der Waals surface area contributed by atoms with E-state index in [-0.39, 0.29) is 10.6 Å². The van der Waals surface area contributed by atoms with Gasteiger partial charge in [-0.2, -0.15) is 31.2 Å². The van der Waals surface area contributed by atoms with Crippen molar-refractivity contribution in [1.29, 1.82) is 0 Å². The van der Waals surface area contributed by atoms with Crippen LogP contribution in [0.3, 0.4) is 0 Å². The second-order valence-corrected chi connectivity index (χ2v) is 8.51. The highest BCUT2D eigenvalue weighted by Gasteiger charge is 2.35. The average Bonchev–Trinajstić information content (AvgIpc) is 3.28. The second kappa shape index (κ2) is 6.64. The monoisotopic (exact) mass is 423 g/mol. The number of nitrogens with one attached hydrogen (secondary N) is 1. The third kappa shape index (κ3) is 3.48. The van der Waals surface area contributed by atoms with E-state index < -0.39 is 21.9 Å².